The van der Waals surface area contributed by atoms with E-state index < -0.39 is 0 Å². The topological polar surface area (TPSA) is 18.5 Å². The average Bonchev–Trinajstić information content (AvgIpc) is 2.40. The average molecular weight is 267 g/mol. The van der Waals surface area contributed by atoms with Gasteiger partial charge in [0.05, 0.1) is 0 Å². The summed E-state index contributed by atoms with van der Waals surface area (Å²) >= 11 is 0. The second kappa shape index (κ2) is 7.05. The maximum atomic E-state index is 3.46. The molecule has 0 amide bonds. The molecule has 2 rings (SSSR count). The summed E-state index contributed by atoms with van der Waals surface area (Å²) in [5.74, 6) is 0. The highest BCUT2D eigenvalue weighted by molar-refractivity contribution is 4.90. The van der Waals surface area contributed by atoms with Crippen molar-refractivity contribution in [3.63, 3.8) is 0 Å². The van der Waals surface area contributed by atoms with Gasteiger partial charge >= 0.3 is 0 Å². The lowest BCUT2D eigenvalue weighted by molar-refractivity contribution is 0.0392. The molecule has 0 aromatic rings. The van der Waals surface area contributed by atoms with Gasteiger partial charge in [-0.1, -0.05) is 26.2 Å². The molecule has 0 spiro atoms. The van der Waals surface area contributed by atoms with Crippen molar-refractivity contribution in [1.82, 2.24) is 15.1 Å². The van der Waals surface area contributed by atoms with Gasteiger partial charge in [0.1, 0.15) is 0 Å². The van der Waals surface area contributed by atoms with Crippen molar-refractivity contribution in [3.05, 3.63) is 0 Å². The van der Waals surface area contributed by atoms with Gasteiger partial charge in [0, 0.05) is 38.8 Å². The molecule has 0 bridgehead atoms. The molecule has 19 heavy (non-hydrogen) atoms. The lowest BCUT2D eigenvalue weighted by Crippen LogP contribution is -2.55. The van der Waals surface area contributed by atoms with E-state index in [0.717, 1.165) is 6.04 Å². The highest BCUT2D eigenvalue weighted by Crippen LogP contribution is 2.36. The normalized spacial score (nSPS) is 29.5. The quantitative estimate of drug-likeness (QED) is 0.824. The zero-order valence-electron chi connectivity index (χ0n) is 13.2. The Hall–Kier alpha value is -0.120. The monoisotopic (exact) mass is 267 g/mol. The third-order valence-corrected chi connectivity index (χ3v) is 5.28. The molecule has 2 fully saturated rings. The number of nitrogens with zero attached hydrogens (tertiary/aromatic N) is 2. The Morgan fingerprint density at radius 1 is 1.16 bits per heavy atom. The van der Waals surface area contributed by atoms with E-state index in [1.54, 1.807) is 0 Å². The molecular weight excluding hydrogens is 234 g/mol. The van der Waals surface area contributed by atoms with Gasteiger partial charge in [0.25, 0.3) is 0 Å². The standard InChI is InChI=1S/C16H33N3/c1-4-19-11-10-18(12-15(19)2)14-16(13-17-3)8-6-5-7-9-16/h15,17H,4-14H2,1-3H3. The van der Waals surface area contributed by atoms with Crippen LogP contribution in [0.2, 0.25) is 0 Å². The summed E-state index contributed by atoms with van der Waals surface area (Å²) in [4.78, 5) is 5.35. The molecule has 112 valence electrons. The van der Waals surface area contributed by atoms with Crippen molar-refractivity contribution < 1.29 is 0 Å². The molecule has 1 saturated carbocycles. The minimum absolute atomic E-state index is 0.557. The SMILES string of the molecule is CCN1CCN(CC2(CNC)CCCCC2)CC1C. The summed E-state index contributed by atoms with van der Waals surface area (Å²) in [6.07, 6.45) is 7.18. The Balaban J connectivity index is 1.90. The number of nitrogens with one attached hydrogen (secondary N) is 1. The van der Waals surface area contributed by atoms with Crippen LogP contribution in [0.3, 0.4) is 0 Å². The predicted octanol–water partition coefficient (Wildman–Crippen LogP) is 2.18. The minimum atomic E-state index is 0.557. The smallest absolute Gasteiger partial charge is 0.0195 e. The molecule has 1 aliphatic heterocycles. The van der Waals surface area contributed by atoms with Gasteiger partial charge in [-0.2, -0.15) is 0 Å². The molecule has 0 radical (unpaired) electrons. The Kier molecular flexibility index (Phi) is 5.67. The second-order valence-corrected chi connectivity index (χ2v) is 6.80. The molecule has 3 nitrogen and oxygen atoms in total. The van der Waals surface area contributed by atoms with Gasteiger partial charge in [0.15, 0.2) is 0 Å². The van der Waals surface area contributed by atoms with Gasteiger partial charge in [-0.05, 0) is 38.8 Å². The maximum absolute atomic E-state index is 3.46. The van der Waals surface area contributed by atoms with E-state index >= 15 is 0 Å². The van der Waals surface area contributed by atoms with Crippen LogP contribution in [0.25, 0.3) is 0 Å². The predicted molar refractivity (Wildman–Crippen MR) is 82.6 cm³/mol. The zero-order chi connectivity index (χ0) is 13.7. The number of piperazine rings is 1. The summed E-state index contributed by atoms with van der Waals surface area (Å²) in [7, 11) is 2.12. The second-order valence-electron chi connectivity index (χ2n) is 6.80. The van der Waals surface area contributed by atoms with Crippen LogP contribution in [-0.2, 0) is 0 Å². The first kappa shape index (κ1) is 15.3. The number of rotatable bonds is 5. The maximum Gasteiger partial charge on any atom is 0.0195 e. The first-order valence-corrected chi connectivity index (χ1v) is 8.30. The fourth-order valence-corrected chi connectivity index (χ4v) is 4.23. The van der Waals surface area contributed by atoms with Crippen LogP contribution in [0.5, 0.6) is 0 Å². The molecule has 1 unspecified atom stereocenters. The van der Waals surface area contributed by atoms with E-state index in [1.165, 1.54) is 71.4 Å². The summed E-state index contributed by atoms with van der Waals surface area (Å²) in [5.41, 5.74) is 0.557. The molecule has 2 aliphatic rings. The van der Waals surface area contributed by atoms with Crippen LogP contribution in [0, 0.1) is 5.41 Å². The van der Waals surface area contributed by atoms with E-state index in [1.807, 2.05) is 0 Å². The Morgan fingerprint density at radius 2 is 1.89 bits per heavy atom. The molecule has 0 aromatic heterocycles. The molecule has 1 heterocycles. The molecule has 1 atom stereocenters. The highest BCUT2D eigenvalue weighted by atomic mass is 15.3. The molecule has 0 aromatic carbocycles. The third kappa shape index (κ3) is 3.93. The van der Waals surface area contributed by atoms with Crippen molar-refractivity contribution in [1.29, 1.82) is 0 Å². The third-order valence-electron chi connectivity index (χ3n) is 5.28. The van der Waals surface area contributed by atoms with E-state index in [4.69, 9.17) is 0 Å². The summed E-state index contributed by atoms with van der Waals surface area (Å²) in [6.45, 7) is 12.2. The zero-order valence-corrected chi connectivity index (χ0v) is 13.2. The van der Waals surface area contributed by atoms with Crippen LogP contribution in [0.1, 0.15) is 46.0 Å². The van der Waals surface area contributed by atoms with Gasteiger partial charge in [0.2, 0.25) is 0 Å². The van der Waals surface area contributed by atoms with Crippen LogP contribution < -0.4 is 5.32 Å². The molecular formula is C16H33N3. The summed E-state index contributed by atoms with van der Waals surface area (Å²) in [5, 5.41) is 3.46. The summed E-state index contributed by atoms with van der Waals surface area (Å²) < 4.78 is 0. The number of likely N-dealkylation sites (N-methyl/N-ethyl adjacent to an activating group) is 1. The largest absolute Gasteiger partial charge is 0.319 e. The van der Waals surface area contributed by atoms with Crippen LogP contribution in [0.4, 0.5) is 0 Å². The van der Waals surface area contributed by atoms with E-state index in [9.17, 15) is 0 Å². The van der Waals surface area contributed by atoms with Gasteiger partial charge in [-0.25, -0.2) is 0 Å². The Bertz CT molecular complexity index is 255. The van der Waals surface area contributed by atoms with Crippen molar-refractivity contribution >= 4 is 0 Å². The Morgan fingerprint density at radius 3 is 2.47 bits per heavy atom. The highest BCUT2D eigenvalue weighted by Gasteiger charge is 2.35. The van der Waals surface area contributed by atoms with Crippen LogP contribution in [0.15, 0.2) is 0 Å². The van der Waals surface area contributed by atoms with Gasteiger partial charge in [-0.15, -0.1) is 0 Å². The molecule has 3 heteroatoms. The number of hydrogen-bond donors (Lipinski definition) is 1. The molecule has 1 N–H and O–H groups in total. The lowest BCUT2D eigenvalue weighted by atomic mass is 9.73. The van der Waals surface area contributed by atoms with Crippen LogP contribution in [-0.4, -0.2) is 62.2 Å². The van der Waals surface area contributed by atoms with E-state index in [-0.39, 0.29) is 0 Å². The first-order valence-electron chi connectivity index (χ1n) is 8.30. The van der Waals surface area contributed by atoms with Gasteiger partial charge in [-0.3, -0.25) is 9.80 Å². The summed E-state index contributed by atoms with van der Waals surface area (Å²) in [6, 6.07) is 0.731. The minimum Gasteiger partial charge on any atom is -0.319 e. The first-order chi connectivity index (χ1) is 9.19. The van der Waals surface area contributed by atoms with Gasteiger partial charge < -0.3 is 5.32 Å². The van der Waals surface area contributed by atoms with Crippen LogP contribution >= 0.6 is 0 Å². The van der Waals surface area contributed by atoms with Crippen molar-refractivity contribution in [3.8, 4) is 0 Å². The van der Waals surface area contributed by atoms with Crippen molar-refractivity contribution in [2.24, 2.45) is 5.41 Å². The lowest BCUT2D eigenvalue weighted by Gasteiger charge is -2.46. The number of hydrogen-bond acceptors (Lipinski definition) is 3. The van der Waals surface area contributed by atoms with Crippen molar-refractivity contribution in [2.45, 2.75) is 52.0 Å². The molecule has 1 saturated heterocycles. The molecule has 1 aliphatic carbocycles. The van der Waals surface area contributed by atoms with Crippen molar-refractivity contribution in [2.75, 3.05) is 46.3 Å². The fourth-order valence-electron chi connectivity index (χ4n) is 4.23. The van der Waals surface area contributed by atoms with E-state index in [2.05, 4.69) is 36.0 Å². The van der Waals surface area contributed by atoms with E-state index in [0.29, 0.717) is 5.41 Å². The fraction of sp³-hybridized carbons (Fsp3) is 1.00. The Labute approximate surface area is 119 Å².